The molecule has 2 rings (SSSR count). The molecule has 0 amide bonds. The van der Waals surface area contributed by atoms with E-state index in [9.17, 15) is 0 Å². The smallest absolute Gasteiger partial charge is 0.0270 e. The van der Waals surface area contributed by atoms with E-state index in [0.29, 0.717) is 5.92 Å². The van der Waals surface area contributed by atoms with E-state index in [-0.39, 0.29) is 0 Å². The zero-order valence-corrected chi connectivity index (χ0v) is 9.63. The Bertz CT molecular complexity index is 408. The summed E-state index contributed by atoms with van der Waals surface area (Å²) in [5.41, 5.74) is 2.80. The molecule has 0 aliphatic heterocycles. The summed E-state index contributed by atoms with van der Waals surface area (Å²) in [6.07, 6.45) is 6.04. The lowest BCUT2D eigenvalue weighted by molar-refractivity contribution is 0.679. The molecule has 0 aliphatic rings. The molecule has 16 heavy (non-hydrogen) atoms. The van der Waals surface area contributed by atoms with Gasteiger partial charge in [0.2, 0.25) is 0 Å². The van der Waals surface area contributed by atoms with Gasteiger partial charge >= 0.3 is 0 Å². The second kappa shape index (κ2) is 5.45. The Labute approximate surface area is 97.2 Å². The van der Waals surface area contributed by atoms with Crippen LogP contribution >= 0.6 is 0 Å². The SMILES string of the molecule is C[C@@H](CCc1ccncc1)c1ccccc1. The van der Waals surface area contributed by atoms with Gasteiger partial charge in [0.15, 0.2) is 0 Å². The fourth-order valence-electron chi connectivity index (χ4n) is 1.88. The fourth-order valence-corrected chi connectivity index (χ4v) is 1.88. The number of nitrogens with zero attached hydrogens (tertiary/aromatic N) is 1. The van der Waals surface area contributed by atoms with Gasteiger partial charge in [-0.1, -0.05) is 37.3 Å². The summed E-state index contributed by atoms with van der Waals surface area (Å²) in [5.74, 6) is 0.620. The van der Waals surface area contributed by atoms with Crippen LogP contribution in [0, 0.1) is 0 Å². The van der Waals surface area contributed by atoms with Crippen molar-refractivity contribution in [1.82, 2.24) is 4.98 Å². The molecular weight excluding hydrogens is 194 g/mol. The summed E-state index contributed by atoms with van der Waals surface area (Å²) in [4.78, 5) is 4.03. The molecule has 0 aliphatic carbocycles. The molecule has 2 aromatic rings. The first kappa shape index (κ1) is 10.9. The Morgan fingerprint density at radius 1 is 1.00 bits per heavy atom. The molecule has 1 heteroatoms. The molecule has 82 valence electrons. The van der Waals surface area contributed by atoms with Gasteiger partial charge in [-0.25, -0.2) is 0 Å². The molecule has 1 aromatic heterocycles. The average molecular weight is 211 g/mol. The predicted octanol–water partition coefficient (Wildman–Crippen LogP) is 3.82. The summed E-state index contributed by atoms with van der Waals surface area (Å²) in [6.45, 7) is 2.29. The normalized spacial score (nSPS) is 12.3. The molecule has 1 heterocycles. The highest BCUT2D eigenvalue weighted by molar-refractivity contribution is 5.19. The van der Waals surface area contributed by atoms with Gasteiger partial charge in [-0.05, 0) is 42.0 Å². The highest BCUT2D eigenvalue weighted by atomic mass is 14.6. The third-order valence-corrected chi connectivity index (χ3v) is 2.98. The van der Waals surface area contributed by atoms with Gasteiger partial charge in [-0.3, -0.25) is 4.98 Å². The minimum absolute atomic E-state index is 0.620. The van der Waals surface area contributed by atoms with Crippen molar-refractivity contribution in [2.75, 3.05) is 0 Å². The maximum absolute atomic E-state index is 4.03. The van der Waals surface area contributed by atoms with Crippen molar-refractivity contribution >= 4 is 0 Å². The van der Waals surface area contributed by atoms with Gasteiger partial charge in [0.25, 0.3) is 0 Å². The second-order valence-corrected chi connectivity index (χ2v) is 4.21. The Hall–Kier alpha value is -1.63. The quantitative estimate of drug-likeness (QED) is 0.749. The van der Waals surface area contributed by atoms with Crippen LogP contribution in [0.3, 0.4) is 0 Å². The molecule has 0 bridgehead atoms. The zero-order chi connectivity index (χ0) is 11.2. The fraction of sp³-hybridized carbons (Fsp3) is 0.267. The van der Waals surface area contributed by atoms with Crippen LogP contribution in [0.5, 0.6) is 0 Å². The number of aromatic nitrogens is 1. The first-order valence-electron chi connectivity index (χ1n) is 5.80. The van der Waals surface area contributed by atoms with E-state index in [1.807, 2.05) is 12.4 Å². The second-order valence-electron chi connectivity index (χ2n) is 4.21. The third kappa shape index (κ3) is 2.93. The van der Waals surface area contributed by atoms with E-state index in [1.165, 1.54) is 17.5 Å². The van der Waals surface area contributed by atoms with Gasteiger partial charge < -0.3 is 0 Å². The molecule has 0 fully saturated rings. The summed E-state index contributed by atoms with van der Waals surface area (Å²) >= 11 is 0. The van der Waals surface area contributed by atoms with Crippen LogP contribution in [0.4, 0.5) is 0 Å². The van der Waals surface area contributed by atoms with Crippen molar-refractivity contribution in [2.45, 2.75) is 25.7 Å². The molecule has 0 unspecified atom stereocenters. The predicted molar refractivity (Wildman–Crippen MR) is 67.4 cm³/mol. The van der Waals surface area contributed by atoms with E-state index in [2.05, 4.69) is 54.4 Å². The lowest BCUT2D eigenvalue weighted by Gasteiger charge is -2.11. The molecule has 0 radical (unpaired) electrons. The third-order valence-electron chi connectivity index (χ3n) is 2.98. The standard InChI is InChI=1S/C15H17N/c1-13(15-5-3-2-4-6-15)7-8-14-9-11-16-12-10-14/h2-6,9-13H,7-8H2,1H3/t13-/m0/s1. The van der Waals surface area contributed by atoms with Crippen molar-refractivity contribution in [3.05, 3.63) is 66.0 Å². The van der Waals surface area contributed by atoms with Gasteiger partial charge in [0.1, 0.15) is 0 Å². The molecular formula is C15H17N. The van der Waals surface area contributed by atoms with Crippen molar-refractivity contribution in [2.24, 2.45) is 0 Å². The Morgan fingerprint density at radius 2 is 1.69 bits per heavy atom. The van der Waals surface area contributed by atoms with Gasteiger partial charge in [0, 0.05) is 12.4 Å². The van der Waals surface area contributed by atoms with Crippen molar-refractivity contribution in [1.29, 1.82) is 0 Å². The summed E-state index contributed by atoms with van der Waals surface area (Å²) < 4.78 is 0. The first-order valence-corrected chi connectivity index (χ1v) is 5.80. The maximum atomic E-state index is 4.03. The Kier molecular flexibility index (Phi) is 3.71. The van der Waals surface area contributed by atoms with Crippen molar-refractivity contribution in [3.8, 4) is 0 Å². The molecule has 1 aromatic carbocycles. The lowest BCUT2D eigenvalue weighted by atomic mass is 9.94. The molecule has 1 atom stereocenters. The summed E-state index contributed by atoms with van der Waals surface area (Å²) in [5, 5.41) is 0. The summed E-state index contributed by atoms with van der Waals surface area (Å²) in [7, 11) is 0. The van der Waals surface area contributed by atoms with E-state index in [4.69, 9.17) is 0 Å². The molecule has 0 saturated heterocycles. The average Bonchev–Trinajstić information content (AvgIpc) is 2.38. The number of rotatable bonds is 4. The van der Waals surface area contributed by atoms with Crippen molar-refractivity contribution < 1.29 is 0 Å². The number of benzene rings is 1. The number of hydrogen-bond donors (Lipinski definition) is 0. The van der Waals surface area contributed by atoms with Gasteiger partial charge in [-0.2, -0.15) is 0 Å². The van der Waals surface area contributed by atoms with Crippen molar-refractivity contribution in [3.63, 3.8) is 0 Å². The Balaban J connectivity index is 1.92. The number of hydrogen-bond acceptors (Lipinski definition) is 1. The van der Waals surface area contributed by atoms with E-state index < -0.39 is 0 Å². The van der Waals surface area contributed by atoms with Crippen LogP contribution in [-0.4, -0.2) is 4.98 Å². The minimum Gasteiger partial charge on any atom is -0.265 e. The monoisotopic (exact) mass is 211 g/mol. The number of aryl methyl sites for hydroxylation is 1. The van der Waals surface area contributed by atoms with Crippen LogP contribution in [0.15, 0.2) is 54.9 Å². The Morgan fingerprint density at radius 3 is 2.38 bits per heavy atom. The minimum atomic E-state index is 0.620. The van der Waals surface area contributed by atoms with Crippen LogP contribution < -0.4 is 0 Å². The molecule has 0 N–H and O–H groups in total. The largest absolute Gasteiger partial charge is 0.265 e. The van der Waals surface area contributed by atoms with Gasteiger partial charge in [-0.15, -0.1) is 0 Å². The van der Waals surface area contributed by atoms with Crippen LogP contribution in [-0.2, 0) is 6.42 Å². The number of pyridine rings is 1. The van der Waals surface area contributed by atoms with Crippen LogP contribution in [0.1, 0.15) is 30.4 Å². The lowest BCUT2D eigenvalue weighted by Crippen LogP contribution is -1.96. The van der Waals surface area contributed by atoms with Gasteiger partial charge in [0.05, 0.1) is 0 Å². The molecule has 0 spiro atoms. The highest BCUT2D eigenvalue weighted by Gasteiger charge is 2.04. The van der Waals surface area contributed by atoms with Crippen LogP contribution in [0.2, 0.25) is 0 Å². The highest BCUT2D eigenvalue weighted by Crippen LogP contribution is 2.20. The summed E-state index contributed by atoms with van der Waals surface area (Å²) in [6, 6.07) is 14.9. The molecule has 1 nitrogen and oxygen atoms in total. The molecule has 0 saturated carbocycles. The van der Waals surface area contributed by atoms with E-state index in [0.717, 1.165) is 6.42 Å². The van der Waals surface area contributed by atoms with E-state index in [1.54, 1.807) is 0 Å². The maximum Gasteiger partial charge on any atom is 0.0270 e. The topological polar surface area (TPSA) is 12.9 Å². The zero-order valence-electron chi connectivity index (χ0n) is 9.63. The van der Waals surface area contributed by atoms with Crippen LogP contribution in [0.25, 0.3) is 0 Å². The first-order chi connectivity index (χ1) is 7.86. The van der Waals surface area contributed by atoms with E-state index >= 15 is 0 Å².